The Morgan fingerprint density at radius 3 is 2.73 bits per heavy atom. The second-order valence-electron chi connectivity index (χ2n) is 5.47. The Morgan fingerprint density at radius 1 is 1.41 bits per heavy atom. The van der Waals surface area contributed by atoms with E-state index in [1.165, 1.54) is 10.8 Å². The predicted octanol–water partition coefficient (Wildman–Crippen LogP) is -0.625. The molecule has 1 aliphatic heterocycles. The molecule has 22 heavy (non-hydrogen) atoms. The lowest BCUT2D eigenvalue weighted by atomic mass is 10.1. The summed E-state index contributed by atoms with van der Waals surface area (Å²) in [5, 5.41) is 32.2. The highest BCUT2D eigenvalue weighted by Gasteiger charge is 2.43. The molecule has 0 aromatic carbocycles. The van der Waals surface area contributed by atoms with Gasteiger partial charge in [-0.05, 0) is 13.3 Å². The van der Waals surface area contributed by atoms with Crippen LogP contribution in [0, 0.1) is 6.92 Å². The molecule has 0 aliphatic carbocycles. The zero-order valence-corrected chi connectivity index (χ0v) is 12.8. The summed E-state index contributed by atoms with van der Waals surface area (Å²) in [5.41, 5.74) is 0.0424. The van der Waals surface area contributed by atoms with Gasteiger partial charge in [0.15, 0.2) is 6.23 Å². The molecule has 0 radical (unpaired) electrons. The number of nitrogens with zero attached hydrogens (tertiary/aromatic N) is 2. The molecular weight excluding hydrogens is 290 g/mol. The molecule has 0 saturated carbocycles. The van der Waals surface area contributed by atoms with Gasteiger partial charge in [0.05, 0.1) is 6.61 Å². The number of aliphatic hydroxyl groups is 3. The third-order valence-electron chi connectivity index (χ3n) is 3.73. The molecule has 1 aromatic heterocycles. The highest BCUT2D eigenvalue weighted by Crippen LogP contribution is 2.30. The van der Waals surface area contributed by atoms with Crippen LogP contribution in [-0.4, -0.2) is 56.3 Å². The molecule has 0 bridgehead atoms. The van der Waals surface area contributed by atoms with E-state index in [-0.39, 0.29) is 11.5 Å². The van der Waals surface area contributed by atoms with E-state index in [1.54, 1.807) is 6.92 Å². The smallest absolute Gasteiger partial charge is 0.277 e. The monoisotopic (exact) mass is 313 g/mol. The Morgan fingerprint density at radius 2 is 2.14 bits per heavy atom. The fourth-order valence-corrected chi connectivity index (χ4v) is 2.38. The van der Waals surface area contributed by atoms with Crippen LogP contribution in [0.2, 0.25) is 0 Å². The maximum absolute atomic E-state index is 11.7. The quantitative estimate of drug-likeness (QED) is 0.517. The van der Waals surface area contributed by atoms with Crippen molar-refractivity contribution in [1.82, 2.24) is 9.55 Å². The van der Waals surface area contributed by atoms with Gasteiger partial charge in [-0.25, -0.2) is 0 Å². The highest BCUT2D eigenvalue weighted by molar-refractivity contribution is 5.28. The standard InChI is InChI=1S/C14H23N3O5/c1-3-4-5-15-14-16-12(21)8(2)6-17(14)13-11(20)10(19)9(7-18)22-13/h6,9-11,13,18-20H,3-5,7H2,1-2H3,(H,15,16,21)/t9-,10-,11-,13-/m1/s1. The lowest BCUT2D eigenvalue weighted by molar-refractivity contribution is -0.0524. The van der Waals surface area contributed by atoms with Crippen LogP contribution in [0.5, 0.6) is 0 Å². The van der Waals surface area contributed by atoms with Crippen molar-refractivity contribution in [3.63, 3.8) is 0 Å². The fraction of sp³-hybridized carbons (Fsp3) is 0.714. The van der Waals surface area contributed by atoms with Crippen molar-refractivity contribution in [1.29, 1.82) is 0 Å². The summed E-state index contributed by atoms with van der Waals surface area (Å²) >= 11 is 0. The van der Waals surface area contributed by atoms with Crippen LogP contribution < -0.4 is 10.9 Å². The molecule has 8 nitrogen and oxygen atoms in total. The number of aromatic nitrogens is 2. The number of hydrogen-bond acceptors (Lipinski definition) is 7. The van der Waals surface area contributed by atoms with Gasteiger partial charge < -0.3 is 25.4 Å². The minimum absolute atomic E-state index is 0.277. The van der Waals surface area contributed by atoms with Crippen molar-refractivity contribution >= 4 is 5.95 Å². The van der Waals surface area contributed by atoms with Crippen molar-refractivity contribution in [3.8, 4) is 0 Å². The van der Waals surface area contributed by atoms with Crippen LogP contribution in [0.4, 0.5) is 5.95 Å². The van der Waals surface area contributed by atoms with E-state index in [0.717, 1.165) is 12.8 Å². The van der Waals surface area contributed by atoms with E-state index in [4.69, 9.17) is 4.74 Å². The second kappa shape index (κ2) is 7.19. The molecule has 8 heteroatoms. The minimum atomic E-state index is -1.22. The second-order valence-corrected chi connectivity index (χ2v) is 5.47. The molecule has 1 aliphatic rings. The average molecular weight is 313 g/mol. The Balaban J connectivity index is 2.32. The SMILES string of the molecule is CCCCNc1nc(=O)c(C)cn1[C@@H]1O[C@H](CO)[C@@H](O)[C@H]1O. The van der Waals surface area contributed by atoms with Crippen molar-refractivity contribution in [2.24, 2.45) is 0 Å². The van der Waals surface area contributed by atoms with E-state index in [1.807, 2.05) is 6.92 Å². The van der Waals surface area contributed by atoms with Gasteiger partial charge in [-0.3, -0.25) is 9.36 Å². The van der Waals surface area contributed by atoms with E-state index < -0.39 is 31.1 Å². The summed E-state index contributed by atoms with van der Waals surface area (Å²) in [5.74, 6) is 0.277. The first-order chi connectivity index (χ1) is 10.5. The first-order valence-electron chi connectivity index (χ1n) is 7.45. The van der Waals surface area contributed by atoms with Crippen molar-refractivity contribution in [2.45, 2.75) is 51.2 Å². The Hall–Kier alpha value is -1.48. The zero-order valence-electron chi connectivity index (χ0n) is 12.8. The number of aryl methyl sites for hydroxylation is 1. The largest absolute Gasteiger partial charge is 0.394 e. The summed E-state index contributed by atoms with van der Waals surface area (Å²) in [6.07, 6.45) is -0.780. The maximum Gasteiger partial charge on any atom is 0.277 e. The molecule has 2 rings (SSSR count). The molecule has 1 fully saturated rings. The van der Waals surface area contributed by atoms with Gasteiger partial charge in [0.1, 0.15) is 18.3 Å². The van der Waals surface area contributed by atoms with E-state index >= 15 is 0 Å². The van der Waals surface area contributed by atoms with Gasteiger partial charge in [0.2, 0.25) is 5.95 Å². The van der Waals surface area contributed by atoms with Crippen LogP contribution >= 0.6 is 0 Å². The number of unbranched alkanes of at least 4 members (excludes halogenated alkanes) is 1. The Bertz CT molecular complexity index is 562. The Kier molecular flexibility index (Phi) is 5.52. The van der Waals surface area contributed by atoms with Gasteiger partial charge in [0, 0.05) is 18.3 Å². The molecule has 4 N–H and O–H groups in total. The molecule has 1 aromatic rings. The highest BCUT2D eigenvalue weighted by atomic mass is 16.6. The molecular formula is C14H23N3O5. The lowest BCUT2D eigenvalue weighted by Gasteiger charge is -2.22. The van der Waals surface area contributed by atoms with Crippen molar-refractivity contribution < 1.29 is 20.1 Å². The first kappa shape index (κ1) is 16.9. The number of anilines is 1. The topological polar surface area (TPSA) is 117 Å². The zero-order chi connectivity index (χ0) is 16.3. The van der Waals surface area contributed by atoms with Crippen LogP contribution in [0.15, 0.2) is 11.0 Å². The third-order valence-corrected chi connectivity index (χ3v) is 3.73. The molecule has 4 atom stereocenters. The minimum Gasteiger partial charge on any atom is -0.394 e. The van der Waals surface area contributed by atoms with Gasteiger partial charge in [-0.2, -0.15) is 4.98 Å². The molecule has 0 unspecified atom stereocenters. The number of hydrogen-bond donors (Lipinski definition) is 4. The molecule has 0 amide bonds. The van der Waals surface area contributed by atoms with Crippen LogP contribution in [0.25, 0.3) is 0 Å². The summed E-state index contributed by atoms with van der Waals surface area (Å²) in [7, 11) is 0. The number of rotatable bonds is 6. The summed E-state index contributed by atoms with van der Waals surface area (Å²) in [6.45, 7) is 3.88. The van der Waals surface area contributed by atoms with Crippen LogP contribution in [0.1, 0.15) is 31.6 Å². The van der Waals surface area contributed by atoms with Crippen molar-refractivity contribution in [2.75, 3.05) is 18.5 Å². The summed E-state index contributed by atoms with van der Waals surface area (Å²) < 4.78 is 6.99. The molecule has 124 valence electrons. The lowest BCUT2D eigenvalue weighted by Crippen LogP contribution is -2.34. The summed E-state index contributed by atoms with van der Waals surface area (Å²) in [4.78, 5) is 15.7. The maximum atomic E-state index is 11.7. The normalized spacial score (nSPS) is 28.0. The predicted molar refractivity (Wildman–Crippen MR) is 79.6 cm³/mol. The third kappa shape index (κ3) is 3.30. The Labute approximate surface area is 128 Å². The molecule has 1 saturated heterocycles. The van der Waals surface area contributed by atoms with Crippen LogP contribution in [0.3, 0.4) is 0 Å². The number of aliphatic hydroxyl groups excluding tert-OH is 3. The fourth-order valence-electron chi connectivity index (χ4n) is 2.38. The first-order valence-corrected chi connectivity index (χ1v) is 7.45. The van der Waals surface area contributed by atoms with E-state index in [0.29, 0.717) is 12.1 Å². The molecule has 0 spiro atoms. The van der Waals surface area contributed by atoms with E-state index in [2.05, 4.69) is 10.3 Å². The average Bonchev–Trinajstić information content (AvgIpc) is 2.78. The van der Waals surface area contributed by atoms with Crippen molar-refractivity contribution in [3.05, 3.63) is 22.1 Å². The van der Waals surface area contributed by atoms with E-state index in [9.17, 15) is 20.1 Å². The van der Waals surface area contributed by atoms with Gasteiger partial charge >= 0.3 is 0 Å². The molecule has 2 heterocycles. The summed E-state index contributed by atoms with van der Waals surface area (Å²) in [6, 6.07) is 0. The number of nitrogens with one attached hydrogen (secondary N) is 1. The van der Waals surface area contributed by atoms with Gasteiger partial charge in [0.25, 0.3) is 5.56 Å². The van der Waals surface area contributed by atoms with Gasteiger partial charge in [-0.1, -0.05) is 13.3 Å². The van der Waals surface area contributed by atoms with Crippen LogP contribution in [-0.2, 0) is 4.74 Å². The van der Waals surface area contributed by atoms with Gasteiger partial charge in [-0.15, -0.1) is 0 Å². The number of ether oxygens (including phenoxy) is 1.